The Morgan fingerprint density at radius 3 is 2.25 bits per heavy atom. The summed E-state index contributed by atoms with van der Waals surface area (Å²) in [5.41, 5.74) is 3.48. The summed E-state index contributed by atoms with van der Waals surface area (Å²) in [6.45, 7) is 10.8. The predicted molar refractivity (Wildman–Crippen MR) is 113 cm³/mol. The van der Waals surface area contributed by atoms with Crippen LogP contribution in [0, 0.1) is 13.8 Å². The lowest BCUT2D eigenvalue weighted by Gasteiger charge is -2.34. The average molecular weight is 382 g/mol. The number of carbonyl (C=O) groups excluding carboxylic acids is 1. The van der Waals surface area contributed by atoms with Crippen LogP contribution in [0.3, 0.4) is 0 Å². The van der Waals surface area contributed by atoms with Gasteiger partial charge in [-0.2, -0.15) is 0 Å². The summed E-state index contributed by atoms with van der Waals surface area (Å²) in [4.78, 5) is 17.0. The van der Waals surface area contributed by atoms with Gasteiger partial charge in [0.1, 0.15) is 5.75 Å². The second-order valence-corrected chi connectivity index (χ2v) is 7.46. The van der Waals surface area contributed by atoms with Crippen LogP contribution in [-0.2, 0) is 11.3 Å². The third-order valence-corrected chi connectivity index (χ3v) is 5.22. The minimum Gasteiger partial charge on any atom is -0.483 e. The minimum absolute atomic E-state index is 0.0645. The van der Waals surface area contributed by atoms with Crippen molar-refractivity contribution in [3.05, 3.63) is 65.2 Å². The Bertz CT molecular complexity index is 735. The molecule has 1 heterocycles. The molecule has 0 atom stereocenters. The van der Waals surface area contributed by atoms with Gasteiger partial charge >= 0.3 is 0 Å². The number of rotatable bonds is 8. The molecule has 0 radical (unpaired) electrons. The van der Waals surface area contributed by atoms with Crippen molar-refractivity contribution >= 4 is 5.91 Å². The van der Waals surface area contributed by atoms with Gasteiger partial charge in [0, 0.05) is 45.8 Å². The molecule has 2 aromatic rings. The van der Waals surface area contributed by atoms with Crippen LogP contribution in [0.25, 0.3) is 0 Å². The molecule has 1 aliphatic rings. The maximum absolute atomic E-state index is 12.1. The van der Waals surface area contributed by atoms with E-state index in [9.17, 15) is 4.79 Å². The molecule has 1 saturated heterocycles. The number of para-hydroxylation sites is 1. The third kappa shape index (κ3) is 6.08. The monoisotopic (exact) mass is 381 g/mol. The van der Waals surface area contributed by atoms with Gasteiger partial charge in [0.05, 0.1) is 0 Å². The van der Waals surface area contributed by atoms with E-state index in [1.807, 2.05) is 32.0 Å². The van der Waals surface area contributed by atoms with Gasteiger partial charge in [0.2, 0.25) is 0 Å². The zero-order valence-electron chi connectivity index (χ0n) is 17.0. The highest BCUT2D eigenvalue weighted by Crippen LogP contribution is 2.21. The maximum atomic E-state index is 12.1. The molecule has 0 unspecified atom stereocenters. The number of ether oxygens (including phenoxy) is 1. The Hall–Kier alpha value is -2.37. The number of piperazine rings is 1. The van der Waals surface area contributed by atoms with Crippen LogP contribution in [0.15, 0.2) is 48.5 Å². The fraction of sp³-hybridized carbons (Fsp3) is 0.435. The van der Waals surface area contributed by atoms with Crippen molar-refractivity contribution in [1.82, 2.24) is 15.1 Å². The first-order valence-corrected chi connectivity index (χ1v) is 10.1. The number of hydrogen-bond donors (Lipinski definition) is 1. The van der Waals surface area contributed by atoms with Crippen LogP contribution in [0.5, 0.6) is 5.75 Å². The Labute approximate surface area is 168 Å². The lowest BCUT2D eigenvalue weighted by molar-refractivity contribution is -0.123. The van der Waals surface area contributed by atoms with E-state index in [-0.39, 0.29) is 12.5 Å². The van der Waals surface area contributed by atoms with Gasteiger partial charge in [0.25, 0.3) is 5.91 Å². The molecule has 0 bridgehead atoms. The average Bonchev–Trinajstić information content (AvgIpc) is 2.70. The molecule has 1 aliphatic heterocycles. The molecule has 0 spiro atoms. The molecular formula is C23H31N3O2. The Morgan fingerprint density at radius 1 is 0.929 bits per heavy atom. The minimum atomic E-state index is -0.0645. The van der Waals surface area contributed by atoms with Gasteiger partial charge in [-0.25, -0.2) is 0 Å². The molecule has 0 aliphatic carbocycles. The van der Waals surface area contributed by atoms with E-state index in [1.165, 1.54) is 5.56 Å². The van der Waals surface area contributed by atoms with Crippen molar-refractivity contribution in [2.24, 2.45) is 0 Å². The fourth-order valence-corrected chi connectivity index (χ4v) is 3.58. The molecule has 150 valence electrons. The molecule has 0 aromatic heterocycles. The molecule has 0 saturated carbocycles. The topological polar surface area (TPSA) is 44.8 Å². The van der Waals surface area contributed by atoms with Crippen LogP contribution < -0.4 is 10.1 Å². The van der Waals surface area contributed by atoms with E-state index in [4.69, 9.17) is 4.74 Å². The molecule has 1 amide bonds. The summed E-state index contributed by atoms with van der Waals surface area (Å²) in [7, 11) is 0. The number of hydrogen-bond acceptors (Lipinski definition) is 4. The Morgan fingerprint density at radius 2 is 1.57 bits per heavy atom. The quantitative estimate of drug-likeness (QED) is 0.764. The predicted octanol–water partition coefficient (Wildman–Crippen LogP) is 2.62. The number of benzene rings is 2. The highest BCUT2D eigenvalue weighted by Gasteiger charge is 2.16. The Balaban J connectivity index is 1.31. The van der Waals surface area contributed by atoms with Crippen molar-refractivity contribution in [1.29, 1.82) is 0 Å². The highest BCUT2D eigenvalue weighted by molar-refractivity contribution is 5.77. The second-order valence-electron chi connectivity index (χ2n) is 7.46. The standard InChI is InChI=1S/C23H31N3O2/c1-19-7-6-8-20(2)23(19)28-18-22(27)24-11-12-25-13-15-26(16-14-25)17-21-9-4-3-5-10-21/h3-10H,11-18H2,1-2H3,(H,24,27). The molecule has 3 rings (SSSR count). The van der Waals surface area contributed by atoms with Crippen LogP contribution >= 0.6 is 0 Å². The largest absolute Gasteiger partial charge is 0.483 e. The number of amides is 1. The van der Waals surface area contributed by atoms with E-state index in [0.29, 0.717) is 6.54 Å². The number of nitrogens with one attached hydrogen (secondary N) is 1. The number of nitrogens with zero attached hydrogens (tertiary/aromatic N) is 2. The van der Waals surface area contributed by atoms with Crippen molar-refractivity contribution in [2.75, 3.05) is 45.9 Å². The lowest BCUT2D eigenvalue weighted by atomic mass is 10.1. The first-order valence-electron chi connectivity index (χ1n) is 10.1. The highest BCUT2D eigenvalue weighted by atomic mass is 16.5. The summed E-state index contributed by atoms with van der Waals surface area (Å²) < 4.78 is 5.71. The van der Waals surface area contributed by atoms with Gasteiger partial charge in [-0.1, -0.05) is 48.5 Å². The maximum Gasteiger partial charge on any atom is 0.257 e. The zero-order valence-corrected chi connectivity index (χ0v) is 17.0. The van der Waals surface area contributed by atoms with Gasteiger partial charge in [0.15, 0.2) is 6.61 Å². The normalized spacial score (nSPS) is 15.4. The van der Waals surface area contributed by atoms with Crippen LogP contribution in [0.1, 0.15) is 16.7 Å². The molecule has 5 heteroatoms. The summed E-state index contributed by atoms with van der Waals surface area (Å²) in [6, 6.07) is 16.6. The van der Waals surface area contributed by atoms with Crippen LogP contribution in [0.4, 0.5) is 0 Å². The first-order chi connectivity index (χ1) is 13.6. The number of carbonyl (C=O) groups is 1. The summed E-state index contributed by atoms with van der Waals surface area (Å²) in [5, 5.41) is 2.97. The smallest absolute Gasteiger partial charge is 0.257 e. The van der Waals surface area contributed by atoms with Crippen molar-refractivity contribution in [3.63, 3.8) is 0 Å². The van der Waals surface area contributed by atoms with E-state index < -0.39 is 0 Å². The van der Waals surface area contributed by atoms with E-state index in [1.54, 1.807) is 0 Å². The number of aryl methyl sites for hydroxylation is 2. The van der Waals surface area contributed by atoms with Crippen molar-refractivity contribution in [2.45, 2.75) is 20.4 Å². The van der Waals surface area contributed by atoms with Gasteiger partial charge in [-0.05, 0) is 30.5 Å². The van der Waals surface area contributed by atoms with Crippen LogP contribution in [-0.4, -0.2) is 61.6 Å². The van der Waals surface area contributed by atoms with Crippen LogP contribution in [0.2, 0.25) is 0 Å². The summed E-state index contributed by atoms with van der Waals surface area (Å²) in [6.07, 6.45) is 0. The molecule has 28 heavy (non-hydrogen) atoms. The van der Waals surface area contributed by atoms with Gasteiger partial charge in [-0.15, -0.1) is 0 Å². The molecule has 1 N–H and O–H groups in total. The third-order valence-electron chi connectivity index (χ3n) is 5.22. The summed E-state index contributed by atoms with van der Waals surface area (Å²) >= 11 is 0. The summed E-state index contributed by atoms with van der Waals surface area (Å²) in [5.74, 6) is 0.748. The van der Waals surface area contributed by atoms with Gasteiger partial charge in [-0.3, -0.25) is 14.6 Å². The first kappa shape index (κ1) is 20.4. The second kappa shape index (κ2) is 10.2. The van der Waals surface area contributed by atoms with E-state index in [0.717, 1.165) is 56.1 Å². The molecular weight excluding hydrogens is 350 g/mol. The van der Waals surface area contributed by atoms with Gasteiger partial charge < -0.3 is 10.1 Å². The fourth-order valence-electron chi connectivity index (χ4n) is 3.58. The van der Waals surface area contributed by atoms with E-state index >= 15 is 0 Å². The Kier molecular flexibility index (Phi) is 7.46. The zero-order chi connectivity index (χ0) is 19.8. The molecule has 2 aromatic carbocycles. The molecule has 1 fully saturated rings. The molecule has 5 nitrogen and oxygen atoms in total. The SMILES string of the molecule is Cc1cccc(C)c1OCC(=O)NCCN1CCN(Cc2ccccc2)CC1. The van der Waals surface area contributed by atoms with Crippen molar-refractivity contribution in [3.8, 4) is 5.75 Å². The lowest BCUT2D eigenvalue weighted by Crippen LogP contribution is -2.48. The van der Waals surface area contributed by atoms with Crippen molar-refractivity contribution < 1.29 is 9.53 Å². The van der Waals surface area contributed by atoms with E-state index in [2.05, 4.69) is 45.4 Å².